The lowest BCUT2D eigenvalue weighted by Crippen LogP contribution is -2.22. The first-order valence-corrected chi connectivity index (χ1v) is 8.73. The summed E-state index contributed by atoms with van der Waals surface area (Å²) < 4.78 is 5.54. The van der Waals surface area contributed by atoms with Crippen LogP contribution in [0.25, 0.3) is 0 Å². The highest BCUT2D eigenvalue weighted by atomic mass is 16.5. The van der Waals surface area contributed by atoms with Crippen molar-refractivity contribution in [3.8, 4) is 5.75 Å². The van der Waals surface area contributed by atoms with E-state index in [2.05, 4.69) is 28.4 Å². The van der Waals surface area contributed by atoms with Gasteiger partial charge >= 0.3 is 0 Å². The normalized spacial score (nSPS) is 12.5. The highest BCUT2D eigenvalue weighted by Gasteiger charge is 2.22. The summed E-state index contributed by atoms with van der Waals surface area (Å²) in [5.41, 5.74) is 4.34. The average Bonchev–Trinajstić information content (AvgIpc) is 3.12. The number of para-hydroxylation sites is 4. The van der Waals surface area contributed by atoms with E-state index in [1.54, 1.807) is 0 Å². The molecule has 26 heavy (non-hydrogen) atoms. The molecular weight excluding hydrogens is 324 g/mol. The Hall–Kier alpha value is -3.27. The standard InChI is InChI=1S/C22H20N2O2/c25-22(16-26-18-9-2-1-3-10-18)23-19-11-5-7-13-21(19)24-15-14-17-8-4-6-12-20(17)24/h1-13H,14-16H2,(H,23,25). The molecule has 0 fully saturated rings. The molecule has 0 atom stereocenters. The van der Waals surface area contributed by atoms with E-state index in [9.17, 15) is 4.79 Å². The van der Waals surface area contributed by atoms with Crippen molar-refractivity contribution < 1.29 is 9.53 Å². The minimum Gasteiger partial charge on any atom is -0.484 e. The van der Waals surface area contributed by atoms with Crippen molar-refractivity contribution in [2.75, 3.05) is 23.4 Å². The molecule has 0 aromatic heterocycles. The lowest BCUT2D eigenvalue weighted by atomic mass is 10.2. The third kappa shape index (κ3) is 3.40. The number of benzene rings is 3. The van der Waals surface area contributed by atoms with Gasteiger partial charge in [0, 0.05) is 12.2 Å². The van der Waals surface area contributed by atoms with Crippen molar-refractivity contribution >= 4 is 23.0 Å². The molecule has 0 aliphatic carbocycles. The number of fused-ring (bicyclic) bond motifs is 1. The number of carbonyl (C=O) groups excluding carboxylic acids is 1. The summed E-state index contributed by atoms with van der Waals surface area (Å²) in [4.78, 5) is 14.6. The fourth-order valence-electron chi connectivity index (χ4n) is 3.26. The second-order valence-electron chi connectivity index (χ2n) is 6.20. The lowest BCUT2D eigenvalue weighted by molar-refractivity contribution is -0.118. The van der Waals surface area contributed by atoms with Crippen LogP contribution in [0.5, 0.6) is 5.75 Å². The van der Waals surface area contributed by atoms with Crippen molar-refractivity contribution in [2.45, 2.75) is 6.42 Å². The predicted octanol–water partition coefficient (Wildman–Crippen LogP) is 4.40. The highest BCUT2D eigenvalue weighted by Crippen LogP contribution is 2.38. The number of hydrogen-bond acceptors (Lipinski definition) is 3. The fraction of sp³-hybridized carbons (Fsp3) is 0.136. The van der Waals surface area contributed by atoms with E-state index in [4.69, 9.17) is 4.74 Å². The van der Waals surface area contributed by atoms with Crippen LogP contribution in [0.15, 0.2) is 78.9 Å². The fourth-order valence-corrected chi connectivity index (χ4v) is 3.26. The molecule has 4 rings (SSSR count). The first-order chi connectivity index (χ1) is 12.8. The number of nitrogens with zero attached hydrogens (tertiary/aromatic N) is 1. The van der Waals surface area contributed by atoms with Crippen LogP contribution in [-0.4, -0.2) is 19.1 Å². The lowest BCUT2D eigenvalue weighted by Gasteiger charge is -2.23. The molecule has 4 heteroatoms. The minimum absolute atomic E-state index is 0.0189. The van der Waals surface area contributed by atoms with E-state index >= 15 is 0 Å². The van der Waals surface area contributed by atoms with Gasteiger partial charge in [-0.2, -0.15) is 0 Å². The monoisotopic (exact) mass is 344 g/mol. The van der Waals surface area contributed by atoms with Gasteiger partial charge in [0.1, 0.15) is 5.75 Å². The number of anilines is 3. The van der Waals surface area contributed by atoms with Gasteiger partial charge in [0.2, 0.25) is 0 Å². The van der Waals surface area contributed by atoms with Gasteiger partial charge in [-0.25, -0.2) is 0 Å². The van der Waals surface area contributed by atoms with E-state index in [1.807, 2.05) is 60.7 Å². The van der Waals surface area contributed by atoms with E-state index in [1.165, 1.54) is 11.3 Å². The number of rotatable bonds is 5. The molecule has 3 aromatic carbocycles. The van der Waals surface area contributed by atoms with Crippen molar-refractivity contribution in [2.24, 2.45) is 0 Å². The molecule has 0 spiro atoms. The Morgan fingerprint density at radius 2 is 1.58 bits per heavy atom. The molecule has 1 N–H and O–H groups in total. The Labute approximate surface area is 153 Å². The third-order valence-corrected chi connectivity index (χ3v) is 4.47. The van der Waals surface area contributed by atoms with Crippen LogP contribution in [0.2, 0.25) is 0 Å². The molecule has 0 saturated heterocycles. The molecule has 0 radical (unpaired) electrons. The maximum atomic E-state index is 12.3. The third-order valence-electron chi connectivity index (χ3n) is 4.47. The second kappa shape index (κ2) is 7.31. The van der Waals surface area contributed by atoms with Gasteiger partial charge in [-0.15, -0.1) is 0 Å². The number of hydrogen-bond donors (Lipinski definition) is 1. The molecule has 130 valence electrons. The van der Waals surface area contributed by atoms with E-state index in [0.29, 0.717) is 5.75 Å². The number of nitrogens with one attached hydrogen (secondary N) is 1. The molecule has 4 nitrogen and oxygen atoms in total. The van der Waals surface area contributed by atoms with Gasteiger partial charge in [-0.05, 0) is 42.3 Å². The zero-order chi connectivity index (χ0) is 17.8. The topological polar surface area (TPSA) is 41.6 Å². The molecule has 3 aromatic rings. The van der Waals surface area contributed by atoms with Gasteiger partial charge in [-0.1, -0.05) is 48.5 Å². The molecular formula is C22H20N2O2. The number of amides is 1. The summed E-state index contributed by atoms with van der Waals surface area (Å²) in [6, 6.07) is 25.6. The van der Waals surface area contributed by atoms with Gasteiger partial charge in [0.05, 0.1) is 11.4 Å². The first-order valence-electron chi connectivity index (χ1n) is 8.73. The zero-order valence-corrected chi connectivity index (χ0v) is 14.4. The van der Waals surface area contributed by atoms with Crippen molar-refractivity contribution in [3.05, 3.63) is 84.4 Å². The molecule has 0 bridgehead atoms. The largest absolute Gasteiger partial charge is 0.484 e. The SMILES string of the molecule is O=C(COc1ccccc1)Nc1ccccc1N1CCc2ccccc21. The molecule has 1 aliphatic rings. The highest BCUT2D eigenvalue weighted by molar-refractivity contribution is 5.96. The Bertz CT molecular complexity index is 909. The van der Waals surface area contributed by atoms with Crippen LogP contribution < -0.4 is 15.0 Å². The summed E-state index contributed by atoms with van der Waals surface area (Å²) in [6.45, 7) is 0.891. The van der Waals surface area contributed by atoms with Crippen LogP contribution in [0, 0.1) is 0 Å². The molecule has 1 aliphatic heterocycles. The summed E-state index contributed by atoms with van der Waals surface area (Å²) in [5.74, 6) is 0.512. The summed E-state index contributed by atoms with van der Waals surface area (Å²) >= 11 is 0. The second-order valence-corrected chi connectivity index (χ2v) is 6.20. The number of carbonyl (C=O) groups is 1. The molecule has 1 amide bonds. The summed E-state index contributed by atoms with van der Waals surface area (Å²) in [6.07, 6.45) is 1.01. The van der Waals surface area contributed by atoms with Crippen LogP contribution in [0.3, 0.4) is 0 Å². The van der Waals surface area contributed by atoms with E-state index in [0.717, 1.165) is 24.3 Å². The van der Waals surface area contributed by atoms with Gasteiger partial charge in [-0.3, -0.25) is 4.79 Å². The smallest absolute Gasteiger partial charge is 0.262 e. The van der Waals surface area contributed by atoms with Crippen molar-refractivity contribution in [1.82, 2.24) is 0 Å². The molecule has 0 saturated carbocycles. The maximum Gasteiger partial charge on any atom is 0.262 e. The van der Waals surface area contributed by atoms with E-state index in [-0.39, 0.29) is 12.5 Å². The zero-order valence-electron chi connectivity index (χ0n) is 14.4. The Balaban J connectivity index is 1.49. The van der Waals surface area contributed by atoms with Gasteiger partial charge < -0.3 is 15.0 Å². The molecule has 0 unspecified atom stereocenters. The minimum atomic E-state index is -0.172. The summed E-state index contributed by atoms with van der Waals surface area (Å²) in [5, 5.41) is 2.98. The van der Waals surface area contributed by atoms with Gasteiger partial charge in [0.15, 0.2) is 6.61 Å². The van der Waals surface area contributed by atoms with Crippen molar-refractivity contribution in [3.63, 3.8) is 0 Å². The quantitative estimate of drug-likeness (QED) is 0.746. The van der Waals surface area contributed by atoms with Crippen LogP contribution in [-0.2, 0) is 11.2 Å². The van der Waals surface area contributed by atoms with Crippen molar-refractivity contribution in [1.29, 1.82) is 0 Å². The van der Waals surface area contributed by atoms with E-state index < -0.39 is 0 Å². The maximum absolute atomic E-state index is 12.3. The summed E-state index contributed by atoms with van der Waals surface area (Å²) in [7, 11) is 0. The van der Waals surface area contributed by atoms with Gasteiger partial charge in [0.25, 0.3) is 5.91 Å². The van der Waals surface area contributed by atoms with Crippen LogP contribution in [0.1, 0.15) is 5.56 Å². The molecule has 1 heterocycles. The Morgan fingerprint density at radius 1 is 0.885 bits per heavy atom. The Kier molecular flexibility index (Phi) is 4.56. The first kappa shape index (κ1) is 16.2. The van der Waals surface area contributed by atoms with Crippen LogP contribution >= 0.6 is 0 Å². The van der Waals surface area contributed by atoms with Crippen LogP contribution in [0.4, 0.5) is 17.1 Å². The number of ether oxygens (including phenoxy) is 1. The predicted molar refractivity (Wildman–Crippen MR) is 104 cm³/mol. The average molecular weight is 344 g/mol. The Morgan fingerprint density at radius 3 is 2.42 bits per heavy atom.